The minimum atomic E-state index is -0.680. The van der Waals surface area contributed by atoms with Crippen molar-refractivity contribution in [3.63, 3.8) is 0 Å². The largest absolute Gasteiger partial charge is 0.480 e. The van der Waals surface area contributed by atoms with Crippen molar-refractivity contribution in [3.8, 4) is 0 Å². The Morgan fingerprint density at radius 1 is 1.29 bits per heavy atom. The molecular formula is C11H22O2S. The minimum absolute atomic E-state index is 0.577. The molecule has 1 N–H and O–H groups in total. The molecule has 0 aliphatic heterocycles. The van der Waals surface area contributed by atoms with Crippen LogP contribution >= 0.6 is 11.8 Å². The van der Waals surface area contributed by atoms with Crippen LogP contribution in [-0.2, 0) is 4.79 Å². The smallest absolute Gasteiger partial charge is 0.319 e. The van der Waals surface area contributed by atoms with Crippen molar-refractivity contribution in [1.82, 2.24) is 0 Å². The van der Waals surface area contributed by atoms with E-state index in [1.165, 1.54) is 31.0 Å². The average Bonchev–Trinajstić information content (AvgIpc) is 2.17. The molecule has 2 nitrogen and oxygen atoms in total. The zero-order chi connectivity index (χ0) is 11.0. The minimum Gasteiger partial charge on any atom is -0.480 e. The monoisotopic (exact) mass is 218 g/mol. The summed E-state index contributed by atoms with van der Waals surface area (Å²) in [5.41, 5.74) is 0. The van der Waals surface area contributed by atoms with Crippen LogP contribution in [0.3, 0.4) is 0 Å². The number of hydrogen-bond acceptors (Lipinski definition) is 2. The number of carbonyl (C=O) groups is 1. The van der Waals surface area contributed by atoms with Crippen LogP contribution in [0.25, 0.3) is 0 Å². The first-order chi connectivity index (χ1) is 6.56. The standard InChI is InChI=1S/C11H22O2S/c1-4-5-6-7-8-9-11(2,14-3)10(12)13/h4-9H2,1-3H3,(H,12,13). The van der Waals surface area contributed by atoms with Gasteiger partial charge in [-0.1, -0.05) is 39.0 Å². The van der Waals surface area contributed by atoms with Crippen molar-refractivity contribution in [3.05, 3.63) is 0 Å². The van der Waals surface area contributed by atoms with E-state index in [1.54, 1.807) is 0 Å². The lowest BCUT2D eigenvalue weighted by molar-refractivity contribution is -0.139. The summed E-state index contributed by atoms with van der Waals surface area (Å²) in [6.07, 6.45) is 8.59. The number of hydrogen-bond donors (Lipinski definition) is 1. The Bertz CT molecular complexity index is 171. The molecule has 84 valence electrons. The second-order valence-electron chi connectivity index (χ2n) is 3.90. The van der Waals surface area contributed by atoms with Gasteiger partial charge in [-0.05, 0) is 19.6 Å². The Morgan fingerprint density at radius 2 is 1.86 bits per heavy atom. The molecule has 0 fully saturated rings. The number of aliphatic carboxylic acids is 1. The fraction of sp³-hybridized carbons (Fsp3) is 0.909. The summed E-state index contributed by atoms with van der Waals surface area (Å²) in [5, 5.41) is 9.01. The van der Waals surface area contributed by atoms with E-state index in [-0.39, 0.29) is 0 Å². The summed E-state index contributed by atoms with van der Waals surface area (Å²) in [4.78, 5) is 11.0. The molecule has 0 aliphatic carbocycles. The summed E-state index contributed by atoms with van der Waals surface area (Å²) in [6, 6.07) is 0. The molecule has 0 aromatic carbocycles. The molecule has 1 atom stereocenters. The first-order valence-electron chi connectivity index (χ1n) is 5.35. The Kier molecular flexibility index (Phi) is 7.06. The van der Waals surface area contributed by atoms with Crippen LogP contribution in [0.15, 0.2) is 0 Å². The third kappa shape index (κ3) is 4.89. The van der Waals surface area contributed by atoms with Crippen molar-refractivity contribution in [2.24, 2.45) is 0 Å². The molecule has 0 aromatic heterocycles. The van der Waals surface area contributed by atoms with Crippen LogP contribution in [0, 0.1) is 0 Å². The van der Waals surface area contributed by atoms with Crippen molar-refractivity contribution in [1.29, 1.82) is 0 Å². The molecule has 0 spiro atoms. The molecule has 14 heavy (non-hydrogen) atoms. The lowest BCUT2D eigenvalue weighted by atomic mass is 10.0. The van der Waals surface area contributed by atoms with Gasteiger partial charge in [0.05, 0.1) is 0 Å². The molecule has 0 amide bonds. The van der Waals surface area contributed by atoms with Gasteiger partial charge in [0, 0.05) is 0 Å². The van der Waals surface area contributed by atoms with Crippen LogP contribution in [-0.4, -0.2) is 22.1 Å². The highest BCUT2D eigenvalue weighted by atomic mass is 32.2. The topological polar surface area (TPSA) is 37.3 Å². The van der Waals surface area contributed by atoms with Crippen LogP contribution in [0.2, 0.25) is 0 Å². The van der Waals surface area contributed by atoms with Gasteiger partial charge >= 0.3 is 5.97 Å². The van der Waals surface area contributed by atoms with E-state index < -0.39 is 10.7 Å². The van der Waals surface area contributed by atoms with Gasteiger partial charge in [0.2, 0.25) is 0 Å². The molecule has 0 aliphatic rings. The van der Waals surface area contributed by atoms with Gasteiger partial charge in [-0.15, -0.1) is 11.8 Å². The summed E-state index contributed by atoms with van der Waals surface area (Å²) in [7, 11) is 0. The predicted octanol–water partition coefficient (Wildman–Crippen LogP) is 3.55. The van der Waals surface area contributed by atoms with E-state index in [2.05, 4.69) is 6.92 Å². The molecule has 3 heteroatoms. The molecule has 1 unspecified atom stereocenters. The number of unbranched alkanes of at least 4 members (excludes halogenated alkanes) is 4. The summed E-state index contributed by atoms with van der Waals surface area (Å²) in [5.74, 6) is -0.680. The SMILES string of the molecule is CCCCCCCC(C)(SC)C(=O)O. The Labute approximate surface area is 91.5 Å². The maximum atomic E-state index is 11.0. The molecular weight excluding hydrogens is 196 g/mol. The maximum absolute atomic E-state index is 11.0. The third-order valence-electron chi connectivity index (χ3n) is 2.66. The number of carboxylic acid groups (broad SMARTS) is 1. The summed E-state index contributed by atoms with van der Waals surface area (Å²) >= 11 is 1.44. The highest BCUT2D eigenvalue weighted by Crippen LogP contribution is 2.29. The van der Waals surface area contributed by atoms with Crippen molar-refractivity contribution in [2.75, 3.05) is 6.26 Å². The quantitative estimate of drug-likeness (QED) is 0.633. The van der Waals surface area contributed by atoms with Crippen molar-refractivity contribution in [2.45, 2.75) is 57.1 Å². The Morgan fingerprint density at radius 3 is 2.29 bits per heavy atom. The van der Waals surface area contributed by atoms with Gasteiger partial charge in [-0.2, -0.15) is 0 Å². The van der Waals surface area contributed by atoms with Gasteiger partial charge in [0.1, 0.15) is 4.75 Å². The Hall–Kier alpha value is -0.180. The van der Waals surface area contributed by atoms with Crippen LogP contribution in [0.4, 0.5) is 0 Å². The molecule has 0 aromatic rings. The number of carboxylic acids is 1. The first-order valence-corrected chi connectivity index (χ1v) is 6.58. The fourth-order valence-electron chi connectivity index (χ4n) is 1.36. The number of thioether (sulfide) groups is 1. The van der Waals surface area contributed by atoms with Crippen molar-refractivity contribution < 1.29 is 9.90 Å². The fourth-order valence-corrected chi connectivity index (χ4v) is 1.89. The van der Waals surface area contributed by atoms with Gasteiger partial charge in [-0.3, -0.25) is 4.79 Å². The highest BCUT2D eigenvalue weighted by molar-refractivity contribution is 8.00. The molecule has 0 heterocycles. The molecule has 0 saturated carbocycles. The highest BCUT2D eigenvalue weighted by Gasteiger charge is 2.30. The zero-order valence-electron chi connectivity index (χ0n) is 9.51. The van der Waals surface area contributed by atoms with E-state index in [4.69, 9.17) is 5.11 Å². The lowest BCUT2D eigenvalue weighted by Crippen LogP contribution is -2.30. The zero-order valence-corrected chi connectivity index (χ0v) is 10.3. The van der Waals surface area contributed by atoms with Crippen LogP contribution < -0.4 is 0 Å². The Balaban J connectivity index is 3.68. The van der Waals surface area contributed by atoms with E-state index in [0.717, 1.165) is 19.3 Å². The van der Waals surface area contributed by atoms with Crippen LogP contribution in [0.1, 0.15) is 52.4 Å². The summed E-state index contributed by atoms with van der Waals surface area (Å²) in [6.45, 7) is 4.00. The third-order valence-corrected chi connectivity index (χ3v) is 3.94. The van der Waals surface area contributed by atoms with Gasteiger partial charge in [0.25, 0.3) is 0 Å². The van der Waals surface area contributed by atoms with Crippen LogP contribution in [0.5, 0.6) is 0 Å². The average molecular weight is 218 g/mol. The maximum Gasteiger partial charge on any atom is 0.319 e. The molecule has 0 radical (unpaired) electrons. The van der Waals surface area contributed by atoms with E-state index in [1.807, 2.05) is 13.2 Å². The van der Waals surface area contributed by atoms with Gasteiger partial charge in [0.15, 0.2) is 0 Å². The second kappa shape index (κ2) is 7.16. The van der Waals surface area contributed by atoms with Gasteiger partial charge in [-0.25, -0.2) is 0 Å². The van der Waals surface area contributed by atoms with Crippen molar-refractivity contribution >= 4 is 17.7 Å². The number of rotatable bonds is 8. The lowest BCUT2D eigenvalue weighted by Gasteiger charge is -2.21. The van der Waals surface area contributed by atoms with E-state index in [0.29, 0.717) is 0 Å². The van der Waals surface area contributed by atoms with Gasteiger partial charge < -0.3 is 5.11 Å². The molecule has 0 bridgehead atoms. The van der Waals surface area contributed by atoms with E-state index >= 15 is 0 Å². The molecule has 0 rings (SSSR count). The second-order valence-corrected chi connectivity index (χ2v) is 5.21. The summed E-state index contributed by atoms with van der Waals surface area (Å²) < 4.78 is -0.577. The first kappa shape index (κ1) is 13.8. The predicted molar refractivity (Wildman–Crippen MR) is 62.9 cm³/mol. The normalized spacial score (nSPS) is 15.1. The van der Waals surface area contributed by atoms with E-state index in [9.17, 15) is 4.79 Å². The molecule has 0 saturated heterocycles.